The van der Waals surface area contributed by atoms with Crippen LogP contribution in [0.3, 0.4) is 0 Å². The van der Waals surface area contributed by atoms with E-state index >= 15 is 0 Å². The molecule has 1 aromatic rings. The highest BCUT2D eigenvalue weighted by molar-refractivity contribution is 5.85. The van der Waals surface area contributed by atoms with Gasteiger partial charge >= 0.3 is 6.18 Å². The van der Waals surface area contributed by atoms with E-state index in [1.807, 2.05) is 20.8 Å². The van der Waals surface area contributed by atoms with Crippen LogP contribution in [-0.2, 0) is 16.4 Å². The lowest BCUT2D eigenvalue weighted by Gasteiger charge is -2.30. The smallest absolute Gasteiger partial charge is 0.355 e. The van der Waals surface area contributed by atoms with Crippen LogP contribution in [0.15, 0.2) is 24.3 Å². The summed E-state index contributed by atoms with van der Waals surface area (Å²) in [6.07, 6.45) is -2.78. The topological polar surface area (TPSA) is 41.1 Å². The van der Waals surface area contributed by atoms with Gasteiger partial charge in [0.2, 0.25) is 5.91 Å². The van der Waals surface area contributed by atoms with Gasteiger partial charge in [-0.15, -0.1) is 12.4 Å². The molecule has 3 nitrogen and oxygen atoms in total. The Balaban J connectivity index is 0.00000312. The average molecular weight is 379 g/mol. The molecule has 1 saturated heterocycles. The van der Waals surface area contributed by atoms with Gasteiger partial charge < -0.3 is 10.6 Å². The summed E-state index contributed by atoms with van der Waals surface area (Å²) in [5.41, 5.74) is -0.669. The Morgan fingerprint density at radius 3 is 2.52 bits per heavy atom. The molecule has 1 amide bonds. The number of halogens is 4. The molecule has 0 aromatic heterocycles. The number of carbonyl (C=O) groups is 1. The first-order chi connectivity index (χ1) is 11.1. The van der Waals surface area contributed by atoms with Crippen molar-refractivity contribution in [1.82, 2.24) is 10.6 Å². The molecular formula is C18H26ClF3N2O. The molecule has 2 N–H and O–H groups in total. The maximum atomic E-state index is 12.9. The number of carbonyl (C=O) groups excluding carboxylic acids is 1. The predicted octanol–water partition coefficient (Wildman–Crippen LogP) is 3.91. The second kappa shape index (κ2) is 8.41. The summed E-state index contributed by atoms with van der Waals surface area (Å²) in [5, 5.41) is 6.22. The minimum absolute atomic E-state index is 0. The fourth-order valence-electron chi connectivity index (χ4n) is 3.04. The molecule has 0 bridgehead atoms. The lowest BCUT2D eigenvalue weighted by molar-refractivity contribution is -0.137. The van der Waals surface area contributed by atoms with E-state index in [1.165, 1.54) is 12.1 Å². The average Bonchev–Trinajstić information content (AvgIpc) is 2.52. The highest BCUT2D eigenvalue weighted by atomic mass is 35.5. The first kappa shape index (κ1) is 21.8. The lowest BCUT2D eigenvalue weighted by Crippen LogP contribution is -2.45. The van der Waals surface area contributed by atoms with Gasteiger partial charge in [0, 0.05) is 23.9 Å². The van der Waals surface area contributed by atoms with E-state index in [0.29, 0.717) is 18.2 Å². The summed E-state index contributed by atoms with van der Waals surface area (Å²) in [5.74, 6) is -0.0399. The summed E-state index contributed by atoms with van der Waals surface area (Å²) >= 11 is 0. The van der Waals surface area contributed by atoms with Crippen LogP contribution in [0, 0.1) is 5.92 Å². The lowest BCUT2D eigenvalue weighted by atomic mass is 9.83. The van der Waals surface area contributed by atoms with Gasteiger partial charge in [-0.1, -0.05) is 32.0 Å². The zero-order valence-electron chi connectivity index (χ0n) is 14.7. The molecule has 7 heteroatoms. The third-order valence-corrected chi connectivity index (χ3v) is 4.67. The van der Waals surface area contributed by atoms with E-state index in [2.05, 4.69) is 10.6 Å². The van der Waals surface area contributed by atoms with Crippen molar-refractivity contribution >= 4 is 18.3 Å². The van der Waals surface area contributed by atoms with E-state index in [4.69, 9.17) is 0 Å². The number of piperidine rings is 1. The van der Waals surface area contributed by atoms with E-state index < -0.39 is 17.2 Å². The number of benzene rings is 1. The standard InChI is InChI=1S/C18H25F3N2O.ClH/c1-12-9-13(7-8-22-12)16(24)23-11-17(2,3)14-5-4-6-15(10-14)18(19,20)21;/h4-6,10,12-13,22H,7-9,11H2,1-3H3,(H,23,24);1H/t12-,13-;/m0./s1. The molecule has 142 valence electrons. The van der Waals surface area contributed by atoms with E-state index in [-0.39, 0.29) is 24.2 Å². The molecule has 1 aliphatic heterocycles. The Labute approximate surface area is 153 Å². The number of hydrogen-bond donors (Lipinski definition) is 2. The van der Waals surface area contributed by atoms with Crippen molar-refractivity contribution in [1.29, 1.82) is 0 Å². The fourth-order valence-corrected chi connectivity index (χ4v) is 3.04. The Morgan fingerprint density at radius 2 is 1.92 bits per heavy atom. The van der Waals surface area contributed by atoms with Crippen LogP contribution in [0.1, 0.15) is 44.7 Å². The quantitative estimate of drug-likeness (QED) is 0.834. The second-order valence-electron chi connectivity index (χ2n) is 7.26. The van der Waals surface area contributed by atoms with Gasteiger partial charge in [0.25, 0.3) is 0 Å². The minimum Gasteiger partial charge on any atom is -0.355 e. The molecule has 1 fully saturated rings. The molecule has 1 heterocycles. The summed E-state index contributed by atoms with van der Waals surface area (Å²) in [4.78, 5) is 12.3. The van der Waals surface area contributed by atoms with Crippen LogP contribution in [0.5, 0.6) is 0 Å². The minimum atomic E-state index is -4.36. The Kier molecular flexibility index (Phi) is 7.32. The monoisotopic (exact) mass is 378 g/mol. The SMILES string of the molecule is C[C@H]1C[C@@H](C(=O)NCC(C)(C)c2cccc(C(F)(F)F)c2)CCN1.Cl. The maximum Gasteiger partial charge on any atom is 0.416 e. The Bertz CT molecular complexity index is 590. The van der Waals surface area contributed by atoms with E-state index in [0.717, 1.165) is 25.5 Å². The third-order valence-electron chi connectivity index (χ3n) is 4.67. The fraction of sp³-hybridized carbons (Fsp3) is 0.611. The van der Waals surface area contributed by atoms with Gasteiger partial charge in [-0.25, -0.2) is 0 Å². The van der Waals surface area contributed by atoms with Crippen molar-refractivity contribution < 1.29 is 18.0 Å². The van der Waals surface area contributed by atoms with Crippen molar-refractivity contribution in [2.45, 2.75) is 51.2 Å². The van der Waals surface area contributed by atoms with Crippen LogP contribution >= 0.6 is 12.4 Å². The van der Waals surface area contributed by atoms with Crippen molar-refractivity contribution in [2.75, 3.05) is 13.1 Å². The zero-order chi connectivity index (χ0) is 18.0. The van der Waals surface area contributed by atoms with Gasteiger partial charge in [0.15, 0.2) is 0 Å². The van der Waals surface area contributed by atoms with Crippen molar-refractivity contribution in [3.05, 3.63) is 35.4 Å². The molecule has 2 atom stereocenters. The van der Waals surface area contributed by atoms with Crippen molar-refractivity contribution in [3.8, 4) is 0 Å². The summed E-state index contributed by atoms with van der Waals surface area (Å²) < 4.78 is 38.6. The highest BCUT2D eigenvalue weighted by Crippen LogP contribution is 2.32. The van der Waals surface area contributed by atoms with Crippen LogP contribution in [0.4, 0.5) is 13.2 Å². The third kappa shape index (κ3) is 5.89. The van der Waals surface area contributed by atoms with E-state index in [9.17, 15) is 18.0 Å². The molecule has 1 aromatic carbocycles. The number of rotatable bonds is 4. The molecule has 0 aliphatic carbocycles. The van der Waals surface area contributed by atoms with Gasteiger partial charge in [0.1, 0.15) is 0 Å². The molecule has 0 unspecified atom stereocenters. The predicted molar refractivity (Wildman–Crippen MR) is 94.9 cm³/mol. The van der Waals surface area contributed by atoms with Crippen LogP contribution in [0.25, 0.3) is 0 Å². The Hall–Kier alpha value is -1.27. The first-order valence-corrected chi connectivity index (χ1v) is 8.28. The highest BCUT2D eigenvalue weighted by Gasteiger charge is 2.32. The molecule has 2 rings (SSSR count). The van der Waals surface area contributed by atoms with Crippen LogP contribution in [0.2, 0.25) is 0 Å². The van der Waals surface area contributed by atoms with Crippen LogP contribution in [-0.4, -0.2) is 25.0 Å². The molecule has 1 aliphatic rings. The van der Waals surface area contributed by atoms with Crippen molar-refractivity contribution in [3.63, 3.8) is 0 Å². The number of alkyl halides is 3. The summed E-state index contributed by atoms with van der Waals surface area (Å²) in [6, 6.07) is 5.63. The normalized spacial score (nSPS) is 21.4. The van der Waals surface area contributed by atoms with Gasteiger partial charge in [-0.2, -0.15) is 13.2 Å². The van der Waals surface area contributed by atoms with Crippen molar-refractivity contribution in [2.24, 2.45) is 5.92 Å². The molecule has 0 radical (unpaired) electrons. The molecular weight excluding hydrogens is 353 g/mol. The first-order valence-electron chi connectivity index (χ1n) is 8.28. The maximum absolute atomic E-state index is 12.9. The number of nitrogens with one attached hydrogen (secondary N) is 2. The largest absolute Gasteiger partial charge is 0.416 e. The summed E-state index contributed by atoms with van der Waals surface area (Å²) in [7, 11) is 0. The van der Waals surface area contributed by atoms with Gasteiger partial charge in [0.05, 0.1) is 5.56 Å². The molecule has 0 spiro atoms. The summed E-state index contributed by atoms with van der Waals surface area (Å²) in [6.45, 7) is 6.86. The van der Waals surface area contributed by atoms with Gasteiger partial charge in [-0.05, 0) is 37.9 Å². The number of hydrogen-bond acceptors (Lipinski definition) is 2. The zero-order valence-corrected chi connectivity index (χ0v) is 15.6. The second-order valence-corrected chi connectivity index (χ2v) is 7.26. The molecule has 0 saturated carbocycles. The number of amides is 1. The molecule has 25 heavy (non-hydrogen) atoms. The van der Waals surface area contributed by atoms with E-state index in [1.54, 1.807) is 6.07 Å². The van der Waals surface area contributed by atoms with Gasteiger partial charge in [-0.3, -0.25) is 4.79 Å². The van der Waals surface area contributed by atoms with Crippen LogP contribution < -0.4 is 10.6 Å². The Morgan fingerprint density at radius 1 is 1.28 bits per heavy atom.